The number of nitrogens with one attached hydrogen (secondary N) is 2. The maximum Gasteiger partial charge on any atom is 0.240 e. The number of carbonyl (C=O) groups is 2. The standard InChI is InChI=1S/C22H27N3O4/c1-15(2)29-19-10-7-17(13-20(19)28-4)14-23-25-22(27)12-11-21(26)24-18-8-5-16(3)6-9-18/h5-10,13-15H,11-12H2,1-4H3,(H,24,26)(H,25,27). The zero-order valence-electron chi connectivity index (χ0n) is 17.2. The molecule has 2 aromatic rings. The monoisotopic (exact) mass is 397 g/mol. The lowest BCUT2D eigenvalue weighted by Crippen LogP contribution is -2.20. The summed E-state index contributed by atoms with van der Waals surface area (Å²) >= 11 is 0. The molecule has 29 heavy (non-hydrogen) atoms. The van der Waals surface area contributed by atoms with Crippen LogP contribution in [0.2, 0.25) is 0 Å². The van der Waals surface area contributed by atoms with Gasteiger partial charge in [0.15, 0.2) is 11.5 Å². The van der Waals surface area contributed by atoms with E-state index in [9.17, 15) is 9.59 Å². The summed E-state index contributed by atoms with van der Waals surface area (Å²) in [7, 11) is 1.56. The Kier molecular flexibility index (Phi) is 8.21. The molecule has 0 aliphatic heterocycles. The van der Waals surface area contributed by atoms with Gasteiger partial charge in [0.05, 0.1) is 19.4 Å². The van der Waals surface area contributed by atoms with Gasteiger partial charge >= 0.3 is 0 Å². The third-order valence-corrected chi connectivity index (χ3v) is 3.87. The van der Waals surface area contributed by atoms with Crippen LogP contribution in [0.25, 0.3) is 0 Å². The quantitative estimate of drug-likeness (QED) is 0.499. The third-order valence-electron chi connectivity index (χ3n) is 3.87. The minimum Gasteiger partial charge on any atom is -0.493 e. The lowest BCUT2D eigenvalue weighted by Gasteiger charge is -2.13. The molecule has 0 atom stereocenters. The molecule has 0 radical (unpaired) electrons. The number of hydrogen-bond acceptors (Lipinski definition) is 5. The first-order valence-corrected chi connectivity index (χ1v) is 9.40. The van der Waals surface area contributed by atoms with E-state index in [-0.39, 0.29) is 30.8 Å². The summed E-state index contributed by atoms with van der Waals surface area (Å²) in [6.45, 7) is 5.84. The second-order valence-corrected chi connectivity index (χ2v) is 6.78. The van der Waals surface area contributed by atoms with Crippen LogP contribution in [0.1, 0.15) is 37.8 Å². The van der Waals surface area contributed by atoms with Crippen molar-refractivity contribution in [3.8, 4) is 11.5 Å². The van der Waals surface area contributed by atoms with Crippen molar-refractivity contribution in [2.24, 2.45) is 5.10 Å². The molecule has 0 aromatic heterocycles. The van der Waals surface area contributed by atoms with Crippen molar-refractivity contribution in [3.63, 3.8) is 0 Å². The predicted octanol–water partition coefficient (Wildman–Crippen LogP) is 3.66. The van der Waals surface area contributed by atoms with E-state index in [0.717, 1.165) is 11.1 Å². The average Bonchev–Trinajstić information content (AvgIpc) is 2.69. The van der Waals surface area contributed by atoms with Crippen molar-refractivity contribution >= 4 is 23.7 Å². The lowest BCUT2D eigenvalue weighted by molar-refractivity contribution is -0.124. The third kappa shape index (κ3) is 7.65. The molecule has 0 heterocycles. The molecular formula is C22H27N3O4. The van der Waals surface area contributed by atoms with Crippen LogP contribution in [0.15, 0.2) is 47.6 Å². The SMILES string of the molecule is COc1cc(C=NNC(=O)CCC(=O)Nc2ccc(C)cc2)ccc1OC(C)C. The Morgan fingerprint density at radius 3 is 2.38 bits per heavy atom. The Labute approximate surface area is 171 Å². The molecule has 0 aliphatic carbocycles. The molecule has 0 unspecified atom stereocenters. The van der Waals surface area contributed by atoms with Crippen LogP contribution in [0.4, 0.5) is 5.69 Å². The lowest BCUT2D eigenvalue weighted by atomic mass is 10.2. The first-order valence-electron chi connectivity index (χ1n) is 9.40. The fourth-order valence-electron chi connectivity index (χ4n) is 2.44. The molecule has 0 aliphatic rings. The number of amides is 2. The highest BCUT2D eigenvalue weighted by Crippen LogP contribution is 2.28. The number of carbonyl (C=O) groups excluding carboxylic acids is 2. The van der Waals surface area contributed by atoms with Gasteiger partial charge in [0, 0.05) is 18.5 Å². The zero-order valence-corrected chi connectivity index (χ0v) is 17.2. The largest absolute Gasteiger partial charge is 0.493 e. The van der Waals surface area contributed by atoms with Gasteiger partial charge in [-0.25, -0.2) is 5.43 Å². The second-order valence-electron chi connectivity index (χ2n) is 6.78. The molecule has 2 aromatic carbocycles. The molecule has 0 spiro atoms. The molecule has 7 nitrogen and oxygen atoms in total. The van der Waals surface area contributed by atoms with E-state index in [1.165, 1.54) is 6.21 Å². The second kappa shape index (κ2) is 10.8. The Hall–Kier alpha value is -3.35. The van der Waals surface area contributed by atoms with Crippen LogP contribution in [-0.2, 0) is 9.59 Å². The highest BCUT2D eigenvalue weighted by molar-refractivity contribution is 5.93. The van der Waals surface area contributed by atoms with Gasteiger partial charge in [-0.05, 0) is 56.7 Å². The Morgan fingerprint density at radius 1 is 1.03 bits per heavy atom. The van der Waals surface area contributed by atoms with Crippen molar-refractivity contribution in [2.75, 3.05) is 12.4 Å². The summed E-state index contributed by atoms with van der Waals surface area (Å²) < 4.78 is 11.0. The zero-order chi connectivity index (χ0) is 21.2. The fraction of sp³-hybridized carbons (Fsp3) is 0.318. The number of ether oxygens (including phenoxy) is 2. The summed E-state index contributed by atoms with van der Waals surface area (Å²) in [5.41, 5.74) is 4.98. The molecular weight excluding hydrogens is 370 g/mol. The number of hydrazone groups is 1. The highest BCUT2D eigenvalue weighted by atomic mass is 16.5. The van der Waals surface area contributed by atoms with E-state index < -0.39 is 0 Å². The number of anilines is 1. The van der Waals surface area contributed by atoms with Crippen molar-refractivity contribution in [1.29, 1.82) is 0 Å². The van der Waals surface area contributed by atoms with Crippen LogP contribution >= 0.6 is 0 Å². The van der Waals surface area contributed by atoms with E-state index in [4.69, 9.17) is 9.47 Å². The summed E-state index contributed by atoms with van der Waals surface area (Å²) in [6, 6.07) is 12.8. The smallest absolute Gasteiger partial charge is 0.240 e. The predicted molar refractivity (Wildman–Crippen MR) is 114 cm³/mol. The number of aryl methyl sites for hydroxylation is 1. The Morgan fingerprint density at radius 2 is 1.72 bits per heavy atom. The normalized spacial score (nSPS) is 10.8. The van der Waals surface area contributed by atoms with Crippen LogP contribution in [-0.4, -0.2) is 31.2 Å². The molecule has 154 valence electrons. The van der Waals surface area contributed by atoms with Crippen LogP contribution in [0.3, 0.4) is 0 Å². The maximum absolute atomic E-state index is 11.9. The molecule has 0 saturated carbocycles. The molecule has 7 heteroatoms. The molecule has 2 N–H and O–H groups in total. The topological polar surface area (TPSA) is 89.0 Å². The van der Waals surface area contributed by atoms with E-state index in [0.29, 0.717) is 17.2 Å². The first-order chi connectivity index (χ1) is 13.9. The van der Waals surface area contributed by atoms with Crippen molar-refractivity contribution in [2.45, 2.75) is 39.7 Å². The van der Waals surface area contributed by atoms with Gasteiger partial charge in [0.25, 0.3) is 0 Å². The van der Waals surface area contributed by atoms with Gasteiger partial charge in [-0.2, -0.15) is 5.10 Å². The van der Waals surface area contributed by atoms with Crippen LogP contribution in [0.5, 0.6) is 11.5 Å². The Bertz CT molecular complexity index is 861. The van der Waals surface area contributed by atoms with Crippen LogP contribution < -0.4 is 20.2 Å². The molecule has 2 rings (SSSR count). The minimum absolute atomic E-state index is 0.0333. The van der Waals surface area contributed by atoms with Gasteiger partial charge in [0.2, 0.25) is 11.8 Å². The number of hydrogen-bond donors (Lipinski definition) is 2. The van der Waals surface area contributed by atoms with E-state index in [1.54, 1.807) is 19.2 Å². The Balaban J connectivity index is 1.80. The average molecular weight is 397 g/mol. The minimum atomic E-state index is -0.341. The van der Waals surface area contributed by atoms with E-state index in [2.05, 4.69) is 15.8 Å². The first kappa shape index (κ1) is 21.9. The molecule has 0 saturated heterocycles. The van der Waals surface area contributed by atoms with E-state index in [1.807, 2.05) is 51.1 Å². The fourth-order valence-corrected chi connectivity index (χ4v) is 2.44. The summed E-state index contributed by atoms with van der Waals surface area (Å²) in [4.78, 5) is 23.8. The maximum atomic E-state index is 11.9. The van der Waals surface area contributed by atoms with Crippen LogP contribution in [0, 0.1) is 6.92 Å². The van der Waals surface area contributed by atoms with Crippen molar-refractivity contribution in [1.82, 2.24) is 5.43 Å². The van der Waals surface area contributed by atoms with Crippen molar-refractivity contribution in [3.05, 3.63) is 53.6 Å². The summed E-state index contributed by atoms with van der Waals surface area (Å²) in [6.07, 6.45) is 1.65. The van der Waals surface area contributed by atoms with E-state index >= 15 is 0 Å². The van der Waals surface area contributed by atoms with Crippen molar-refractivity contribution < 1.29 is 19.1 Å². The molecule has 2 amide bonds. The van der Waals surface area contributed by atoms with Gasteiger partial charge < -0.3 is 14.8 Å². The van der Waals surface area contributed by atoms with Gasteiger partial charge in [-0.3, -0.25) is 9.59 Å². The van der Waals surface area contributed by atoms with Gasteiger partial charge in [-0.1, -0.05) is 17.7 Å². The summed E-state index contributed by atoms with van der Waals surface area (Å²) in [5, 5.41) is 6.68. The summed E-state index contributed by atoms with van der Waals surface area (Å²) in [5.74, 6) is 0.663. The van der Waals surface area contributed by atoms with Gasteiger partial charge in [0.1, 0.15) is 0 Å². The molecule has 0 fully saturated rings. The van der Waals surface area contributed by atoms with Gasteiger partial charge in [-0.15, -0.1) is 0 Å². The number of methoxy groups -OCH3 is 1. The highest BCUT2D eigenvalue weighted by Gasteiger charge is 2.08. The number of nitrogens with zero attached hydrogens (tertiary/aromatic N) is 1. The molecule has 0 bridgehead atoms. The number of rotatable bonds is 9. The number of benzene rings is 2.